The summed E-state index contributed by atoms with van der Waals surface area (Å²) < 4.78 is 5.88. The first-order valence-electron chi connectivity index (χ1n) is 6.36. The average Bonchev–Trinajstić information content (AvgIpc) is 2.81. The van der Waals surface area contributed by atoms with Crippen molar-refractivity contribution >= 4 is 11.0 Å². The minimum absolute atomic E-state index is 0.791. The predicted molar refractivity (Wildman–Crippen MR) is 76.9 cm³/mol. The summed E-state index contributed by atoms with van der Waals surface area (Å²) in [6.45, 7) is 3.57. The maximum absolute atomic E-state index is 10.3. The standard InChI is InChI=1S/C17H16O2/c1-17(2,18)14-9-5-4-8-13(14)16-11-12-7-3-6-10-15(12)19-16/h3-11,18H,1-2H3. The molecule has 1 heterocycles. The summed E-state index contributed by atoms with van der Waals surface area (Å²) in [6.07, 6.45) is 0. The van der Waals surface area contributed by atoms with Crippen molar-refractivity contribution in [3.8, 4) is 11.3 Å². The van der Waals surface area contributed by atoms with Crippen molar-refractivity contribution in [1.82, 2.24) is 0 Å². The van der Waals surface area contributed by atoms with E-state index in [1.165, 1.54) is 0 Å². The second-order valence-electron chi connectivity index (χ2n) is 5.25. The van der Waals surface area contributed by atoms with E-state index in [2.05, 4.69) is 0 Å². The van der Waals surface area contributed by atoms with Gasteiger partial charge in [0.2, 0.25) is 0 Å². The lowest BCUT2D eigenvalue weighted by Crippen LogP contribution is -2.16. The van der Waals surface area contributed by atoms with Crippen molar-refractivity contribution in [3.63, 3.8) is 0 Å². The highest BCUT2D eigenvalue weighted by Gasteiger charge is 2.21. The Morgan fingerprint density at radius 1 is 0.947 bits per heavy atom. The fourth-order valence-electron chi connectivity index (χ4n) is 2.35. The zero-order chi connectivity index (χ0) is 13.5. The van der Waals surface area contributed by atoms with E-state index in [1.54, 1.807) is 13.8 Å². The molecule has 2 nitrogen and oxygen atoms in total. The Bertz CT molecular complexity index is 684. The molecule has 0 saturated heterocycles. The van der Waals surface area contributed by atoms with Crippen LogP contribution in [0.25, 0.3) is 22.3 Å². The third-order valence-corrected chi connectivity index (χ3v) is 3.28. The summed E-state index contributed by atoms with van der Waals surface area (Å²) >= 11 is 0. The first-order chi connectivity index (χ1) is 9.05. The van der Waals surface area contributed by atoms with Crippen molar-refractivity contribution in [2.75, 3.05) is 0 Å². The molecular weight excluding hydrogens is 236 g/mol. The minimum atomic E-state index is -0.893. The van der Waals surface area contributed by atoms with Crippen LogP contribution < -0.4 is 0 Å². The molecule has 0 fully saturated rings. The number of hydrogen-bond donors (Lipinski definition) is 1. The molecule has 0 spiro atoms. The van der Waals surface area contributed by atoms with Crippen LogP contribution in [0, 0.1) is 0 Å². The summed E-state index contributed by atoms with van der Waals surface area (Å²) in [5, 5.41) is 11.3. The highest BCUT2D eigenvalue weighted by atomic mass is 16.3. The minimum Gasteiger partial charge on any atom is -0.456 e. The SMILES string of the molecule is CC(C)(O)c1ccccc1-c1cc2ccccc2o1. The van der Waals surface area contributed by atoms with Gasteiger partial charge in [-0.3, -0.25) is 0 Å². The first kappa shape index (κ1) is 12.0. The Hall–Kier alpha value is -2.06. The normalized spacial score (nSPS) is 11.9. The molecule has 19 heavy (non-hydrogen) atoms. The highest BCUT2D eigenvalue weighted by Crippen LogP contribution is 2.34. The summed E-state index contributed by atoms with van der Waals surface area (Å²) in [5.74, 6) is 0.791. The van der Waals surface area contributed by atoms with E-state index < -0.39 is 5.60 Å². The van der Waals surface area contributed by atoms with Crippen molar-refractivity contribution in [2.45, 2.75) is 19.4 Å². The van der Waals surface area contributed by atoms with Crippen LogP contribution in [0.1, 0.15) is 19.4 Å². The fraction of sp³-hybridized carbons (Fsp3) is 0.176. The van der Waals surface area contributed by atoms with Crippen molar-refractivity contribution in [3.05, 3.63) is 60.2 Å². The van der Waals surface area contributed by atoms with Gasteiger partial charge in [0, 0.05) is 10.9 Å². The molecule has 0 radical (unpaired) electrons. The summed E-state index contributed by atoms with van der Waals surface area (Å²) in [6, 6.07) is 17.7. The van der Waals surface area contributed by atoms with Gasteiger partial charge in [-0.2, -0.15) is 0 Å². The van der Waals surface area contributed by atoms with E-state index in [4.69, 9.17) is 4.42 Å². The molecule has 0 aliphatic heterocycles. The maximum atomic E-state index is 10.3. The second kappa shape index (κ2) is 4.25. The van der Waals surface area contributed by atoms with Gasteiger partial charge in [0.25, 0.3) is 0 Å². The molecule has 0 atom stereocenters. The lowest BCUT2D eigenvalue weighted by Gasteiger charge is -2.20. The van der Waals surface area contributed by atoms with Gasteiger partial charge in [-0.15, -0.1) is 0 Å². The Kier molecular flexibility index (Phi) is 2.68. The lowest BCUT2D eigenvalue weighted by atomic mass is 9.92. The van der Waals surface area contributed by atoms with Crippen LogP contribution in [-0.2, 0) is 5.60 Å². The summed E-state index contributed by atoms with van der Waals surface area (Å²) in [4.78, 5) is 0. The van der Waals surface area contributed by atoms with Gasteiger partial charge in [-0.1, -0.05) is 42.5 Å². The molecule has 3 rings (SSSR count). The Morgan fingerprint density at radius 2 is 1.63 bits per heavy atom. The van der Waals surface area contributed by atoms with E-state index in [9.17, 15) is 5.11 Å². The second-order valence-corrected chi connectivity index (χ2v) is 5.25. The zero-order valence-electron chi connectivity index (χ0n) is 11.1. The molecule has 0 bridgehead atoms. The number of benzene rings is 2. The Labute approximate surface area is 112 Å². The van der Waals surface area contributed by atoms with E-state index in [-0.39, 0.29) is 0 Å². The van der Waals surface area contributed by atoms with Crippen LogP contribution >= 0.6 is 0 Å². The van der Waals surface area contributed by atoms with Crippen molar-refractivity contribution in [1.29, 1.82) is 0 Å². The molecule has 2 heteroatoms. The van der Waals surface area contributed by atoms with Crippen LogP contribution in [0.4, 0.5) is 0 Å². The average molecular weight is 252 g/mol. The predicted octanol–water partition coefficient (Wildman–Crippen LogP) is 4.33. The Morgan fingerprint density at radius 3 is 2.37 bits per heavy atom. The first-order valence-corrected chi connectivity index (χ1v) is 6.36. The maximum Gasteiger partial charge on any atom is 0.135 e. The molecule has 3 aromatic rings. The number of fused-ring (bicyclic) bond motifs is 1. The Balaban J connectivity index is 2.22. The topological polar surface area (TPSA) is 33.4 Å². The molecule has 1 aromatic heterocycles. The van der Waals surface area contributed by atoms with E-state index in [0.717, 1.165) is 27.9 Å². The quantitative estimate of drug-likeness (QED) is 0.736. The molecule has 0 unspecified atom stereocenters. The van der Waals surface area contributed by atoms with E-state index in [1.807, 2.05) is 54.6 Å². The summed E-state index contributed by atoms with van der Waals surface area (Å²) in [7, 11) is 0. The van der Waals surface area contributed by atoms with Crippen LogP contribution in [0.5, 0.6) is 0 Å². The van der Waals surface area contributed by atoms with Crippen LogP contribution in [0.3, 0.4) is 0 Å². The molecule has 1 N–H and O–H groups in total. The molecule has 96 valence electrons. The highest BCUT2D eigenvalue weighted by molar-refractivity contribution is 5.83. The molecule has 0 amide bonds. The number of aliphatic hydroxyl groups is 1. The molecule has 0 aliphatic rings. The van der Waals surface area contributed by atoms with E-state index in [0.29, 0.717) is 0 Å². The van der Waals surface area contributed by atoms with Crippen LogP contribution in [0.2, 0.25) is 0 Å². The fourth-order valence-corrected chi connectivity index (χ4v) is 2.35. The third kappa shape index (κ3) is 2.15. The van der Waals surface area contributed by atoms with Crippen LogP contribution in [0.15, 0.2) is 59.0 Å². The van der Waals surface area contributed by atoms with Gasteiger partial charge in [0.1, 0.15) is 11.3 Å². The largest absolute Gasteiger partial charge is 0.456 e. The van der Waals surface area contributed by atoms with Gasteiger partial charge >= 0.3 is 0 Å². The number of hydrogen-bond acceptors (Lipinski definition) is 2. The zero-order valence-corrected chi connectivity index (χ0v) is 11.1. The summed E-state index contributed by atoms with van der Waals surface area (Å²) in [5.41, 5.74) is 1.78. The van der Waals surface area contributed by atoms with E-state index >= 15 is 0 Å². The molecular formula is C17H16O2. The molecule has 0 aliphatic carbocycles. The van der Waals surface area contributed by atoms with Gasteiger partial charge in [-0.05, 0) is 31.5 Å². The molecule has 0 saturated carbocycles. The smallest absolute Gasteiger partial charge is 0.135 e. The van der Waals surface area contributed by atoms with Crippen molar-refractivity contribution in [2.24, 2.45) is 0 Å². The van der Waals surface area contributed by atoms with Crippen molar-refractivity contribution < 1.29 is 9.52 Å². The third-order valence-electron chi connectivity index (χ3n) is 3.28. The van der Waals surface area contributed by atoms with Gasteiger partial charge in [-0.25, -0.2) is 0 Å². The number of rotatable bonds is 2. The lowest BCUT2D eigenvalue weighted by molar-refractivity contribution is 0.0791. The van der Waals surface area contributed by atoms with Gasteiger partial charge in [0.05, 0.1) is 5.60 Å². The molecule has 2 aromatic carbocycles. The van der Waals surface area contributed by atoms with Crippen LogP contribution in [-0.4, -0.2) is 5.11 Å². The number of para-hydroxylation sites is 1. The monoisotopic (exact) mass is 252 g/mol. The number of furan rings is 1. The van der Waals surface area contributed by atoms with Gasteiger partial charge in [0.15, 0.2) is 0 Å². The van der Waals surface area contributed by atoms with Gasteiger partial charge < -0.3 is 9.52 Å².